The Hall–Kier alpha value is -1.42. The molecule has 0 atom stereocenters. The van der Waals surface area contributed by atoms with Gasteiger partial charge < -0.3 is 10.1 Å². The van der Waals surface area contributed by atoms with E-state index in [1.54, 1.807) is 0 Å². The molecule has 0 aliphatic heterocycles. The summed E-state index contributed by atoms with van der Waals surface area (Å²) in [6.45, 7) is 6.08. The lowest BCUT2D eigenvalue weighted by Crippen LogP contribution is -2.75. The molecule has 0 unspecified atom stereocenters. The molecule has 3 aliphatic rings. The fraction of sp³-hybridized carbons (Fsp3) is 0.909. The Morgan fingerprint density at radius 3 is 2.53 bits per heavy atom. The molecule has 2 bridgehead atoms. The first-order valence-corrected chi connectivity index (χ1v) is 5.80. The van der Waals surface area contributed by atoms with E-state index >= 15 is 0 Å². The molecule has 1 N–H and O–H groups in total. The number of azide groups is 1. The average Bonchev–Trinajstić information content (AvgIpc) is 2.03. The molecule has 3 aliphatic carbocycles. The summed E-state index contributed by atoms with van der Waals surface area (Å²) in [4.78, 5) is 14.4. The van der Waals surface area contributed by atoms with Crippen molar-refractivity contribution in [3.05, 3.63) is 10.4 Å². The maximum atomic E-state index is 11.6. The Labute approximate surface area is 100 Å². The second kappa shape index (κ2) is 3.53. The summed E-state index contributed by atoms with van der Waals surface area (Å²) < 4.78 is 5.22. The molecule has 0 aromatic rings. The number of amides is 1. The summed E-state index contributed by atoms with van der Waals surface area (Å²) in [5.41, 5.74) is 7.87. The topological polar surface area (TPSA) is 87.1 Å². The fourth-order valence-electron chi connectivity index (χ4n) is 3.00. The zero-order valence-electron chi connectivity index (χ0n) is 10.5. The Kier molecular flexibility index (Phi) is 2.51. The lowest BCUT2D eigenvalue weighted by molar-refractivity contribution is -0.143. The van der Waals surface area contributed by atoms with Gasteiger partial charge in [0.2, 0.25) is 0 Å². The van der Waals surface area contributed by atoms with Crippen LogP contribution >= 0.6 is 0 Å². The van der Waals surface area contributed by atoms with Crippen molar-refractivity contribution in [3.63, 3.8) is 0 Å². The van der Waals surface area contributed by atoms with Crippen LogP contribution in [0.25, 0.3) is 10.4 Å². The Balaban J connectivity index is 1.78. The number of hydrogen-bond donors (Lipinski definition) is 1. The molecular formula is C11H18N4O2. The summed E-state index contributed by atoms with van der Waals surface area (Å²) in [7, 11) is 0. The summed E-state index contributed by atoms with van der Waals surface area (Å²) in [6, 6.07) is 0. The van der Waals surface area contributed by atoms with Gasteiger partial charge in [0, 0.05) is 17.0 Å². The standard InChI is InChI=1S/C11H18N4O2/c1-9(2,3)17-8(16)14-11-4-10(5-11,6-11)7-13-15-12/h4-7H2,1-3H3,(H,14,16). The number of nitrogens with zero attached hydrogens (tertiary/aromatic N) is 3. The second-order valence-electron chi connectivity index (χ2n) is 6.33. The molecule has 3 fully saturated rings. The summed E-state index contributed by atoms with van der Waals surface area (Å²) >= 11 is 0. The third kappa shape index (κ3) is 2.31. The highest BCUT2D eigenvalue weighted by Crippen LogP contribution is 2.67. The third-order valence-corrected chi connectivity index (χ3v) is 3.38. The second-order valence-corrected chi connectivity index (χ2v) is 6.33. The number of alkyl carbamates (subject to hydrolysis) is 1. The molecule has 3 saturated carbocycles. The molecule has 0 saturated heterocycles. The molecule has 17 heavy (non-hydrogen) atoms. The quantitative estimate of drug-likeness (QED) is 0.465. The molecule has 6 nitrogen and oxygen atoms in total. The monoisotopic (exact) mass is 238 g/mol. The Morgan fingerprint density at radius 1 is 1.47 bits per heavy atom. The van der Waals surface area contributed by atoms with E-state index in [-0.39, 0.29) is 17.0 Å². The van der Waals surface area contributed by atoms with Crippen molar-refractivity contribution in [3.8, 4) is 0 Å². The van der Waals surface area contributed by atoms with E-state index in [0.717, 1.165) is 19.3 Å². The van der Waals surface area contributed by atoms with Gasteiger partial charge in [0.25, 0.3) is 0 Å². The van der Waals surface area contributed by atoms with Gasteiger partial charge >= 0.3 is 6.09 Å². The summed E-state index contributed by atoms with van der Waals surface area (Å²) in [5.74, 6) is 0. The molecule has 6 heteroatoms. The minimum Gasteiger partial charge on any atom is -0.444 e. The van der Waals surface area contributed by atoms with Gasteiger partial charge in [-0.05, 0) is 51.0 Å². The minimum absolute atomic E-state index is 0.0900. The van der Waals surface area contributed by atoms with Gasteiger partial charge in [-0.1, -0.05) is 5.11 Å². The van der Waals surface area contributed by atoms with E-state index < -0.39 is 5.60 Å². The van der Waals surface area contributed by atoms with Crippen molar-refractivity contribution in [2.75, 3.05) is 6.54 Å². The van der Waals surface area contributed by atoms with Crippen LogP contribution in [0.4, 0.5) is 4.79 Å². The zero-order valence-corrected chi connectivity index (χ0v) is 10.5. The Bertz CT molecular complexity index is 373. The third-order valence-electron chi connectivity index (χ3n) is 3.38. The van der Waals surface area contributed by atoms with Crippen LogP contribution < -0.4 is 5.32 Å². The first-order valence-electron chi connectivity index (χ1n) is 5.80. The van der Waals surface area contributed by atoms with Crippen LogP contribution in [0.1, 0.15) is 40.0 Å². The predicted molar refractivity (Wildman–Crippen MR) is 62.4 cm³/mol. The first kappa shape index (κ1) is 12.0. The highest BCUT2D eigenvalue weighted by Gasteiger charge is 2.68. The van der Waals surface area contributed by atoms with E-state index in [1.807, 2.05) is 20.8 Å². The molecule has 0 spiro atoms. The van der Waals surface area contributed by atoms with Crippen LogP contribution in [0.5, 0.6) is 0 Å². The summed E-state index contributed by atoms with van der Waals surface area (Å²) in [6.07, 6.45) is 2.35. The molecule has 1 amide bonds. The Morgan fingerprint density at radius 2 is 2.06 bits per heavy atom. The molecule has 94 valence electrons. The molecular weight excluding hydrogens is 220 g/mol. The van der Waals surface area contributed by atoms with Crippen LogP contribution in [0, 0.1) is 5.41 Å². The van der Waals surface area contributed by atoms with Crippen LogP contribution in [0.2, 0.25) is 0 Å². The van der Waals surface area contributed by atoms with Crippen molar-refractivity contribution in [1.82, 2.24) is 5.32 Å². The highest BCUT2D eigenvalue weighted by atomic mass is 16.6. The number of hydrogen-bond acceptors (Lipinski definition) is 3. The lowest BCUT2D eigenvalue weighted by atomic mass is 9.39. The van der Waals surface area contributed by atoms with Gasteiger partial charge in [-0.15, -0.1) is 0 Å². The maximum absolute atomic E-state index is 11.6. The molecule has 0 aromatic heterocycles. The van der Waals surface area contributed by atoms with Crippen LogP contribution in [-0.2, 0) is 4.74 Å². The predicted octanol–water partition coefficient (Wildman–Crippen LogP) is 2.74. The first-order chi connectivity index (χ1) is 7.78. The van der Waals surface area contributed by atoms with Gasteiger partial charge in [-0.3, -0.25) is 0 Å². The summed E-state index contributed by atoms with van der Waals surface area (Å²) in [5, 5.41) is 6.53. The average molecular weight is 238 g/mol. The van der Waals surface area contributed by atoms with Gasteiger partial charge in [-0.25, -0.2) is 4.79 Å². The van der Waals surface area contributed by atoms with E-state index in [0.29, 0.717) is 6.54 Å². The highest BCUT2D eigenvalue weighted by molar-refractivity contribution is 5.69. The van der Waals surface area contributed by atoms with E-state index in [4.69, 9.17) is 10.3 Å². The number of ether oxygens (including phenoxy) is 1. The minimum atomic E-state index is -0.462. The molecule has 3 rings (SSSR count). The smallest absolute Gasteiger partial charge is 0.408 e. The van der Waals surface area contributed by atoms with E-state index in [2.05, 4.69) is 15.3 Å². The lowest BCUT2D eigenvalue weighted by Gasteiger charge is -2.70. The fourth-order valence-corrected chi connectivity index (χ4v) is 3.00. The van der Waals surface area contributed by atoms with Crippen molar-refractivity contribution in [2.24, 2.45) is 10.5 Å². The van der Waals surface area contributed by atoms with Gasteiger partial charge in [0.1, 0.15) is 5.60 Å². The van der Waals surface area contributed by atoms with Gasteiger partial charge in [0.15, 0.2) is 0 Å². The maximum Gasteiger partial charge on any atom is 0.408 e. The van der Waals surface area contributed by atoms with Crippen LogP contribution in [0.15, 0.2) is 5.11 Å². The molecule has 0 heterocycles. The van der Waals surface area contributed by atoms with E-state index in [1.165, 1.54) is 0 Å². The molecule has 0 radical (unpaired) electrons. The SMILES string of the molecule is CC(C)(C)OC(=O)NC12CC(CN=[N+]=[N-])(C1)C2. The number of nitrogens with one attached hydrogen (secondary N) is 1. The van der Waals surface area contributed by atoms with Crippen molar-refractivity contribution in [1.29, 1.82) is 0 Å². The number of rotatable bonds is 3. The van der Waals surface area contributed by atoms with Crippen LogP contribution in [-0.4, -0.2) is 23.8 Å². The van der Waals surface area contributed by atoms with E-state index in [9.17, 15) is 4.79 Å². The van der Waals surface area contributed by atoms with Crippen molar-refractivity contribution < 1.29 is 9.53 Å². The number of carbonyl (C=O) groups is 1. The van der Waals surface area contributed by atoms with Crippen molar-refractivity contribution >= 4 is 6.09 Å². The van der Waals surface area contributed by atoms with Crippen LogP contribution in [0.3, 0.4) is 0 Å². The van der Waals surface area contributed by atoms with Gasteiger partial charge in [-0.2, -0.15) is 0 Å². The number of carbonyl (C=O) groups excluding carboxylic acids is 1. The molecule has 0 aromatic carbocycles. The zero-order chi connectivity index (χ0) is 12.7. The van der Waals surface area contributed by atoms with Crippen molar-refractivity contribution in [2.45, 2.75) is 51.2 Å². The van der Waals surface area contributed by atoms with Gasteiger partial charge in [0.05, 0.1) is 0 Å². The largest absolute Gasteiger partial charge is 0.444 e. The normalized spacial score (nSPS) is 33.8.